The molecule has 0 spiro atoms. The van der Waals surface area contributed by atoms with Gasteiger partial charge in [-0.3, -0.25) is 4.79 Å². The van der Waals surface area contributed by atoms with Gasteiger partial charge in [0.15, 0.2) is 0 Å². The van der Waals surface area contributed by atoms with Crippen molar-refractivity contribution in [2.75, 3.05) is 11.9 Å². The Kier molecular flexibility index (Phi) is 6.86. The van der Waals surface area contributed by atoms with Crippen LogP contribution in [0.25, 0.3) is 0 Å². The van der Waals surface area contributed by atoms with Gasteiger partial charge in [-0.1, -0.05) is 29.8 Å². The zero-order valence-electron chi connectivity index (χ0n) is 15.7. The summed E-state index contributed by atoms with van der Waals surface area (Å²) in [6.45, 7) is 7.13. The summed E-state index contributed by atoms with van der Waals surface area (Å²) in [5, 5.41) is 2.68. The van der Waals surface area contributed by atoms with Crippen molar-refractivity contribution in [3.8, 4) is 5.75 Å². The molecule has 0 radical (unpaired) electrons. The molecule has 0 bridgehead atoms. The van der Waals surface area contributed by atoms with E-state index >= 15 is 0 Å². The van der Waals surface area contributed by atoms with E-state index in [-0.39, 0.29) is 22.4 Å². The Morgan fingerprint density at radius 1 is 1.19 bits per heavy atom. The first-order valence-electron chi connectivity index (χ1n) is 8.38. The SMILES string of the molecule is CC(=O)Nc1ccc(S(=O)(=O)NC(C)COc2c(C)cccc2C)cc1Cl. The largest absolute Gasteiger partial charge is 0.491 e. The van der Waals surface area contributed by atoms with Gasteiger partial charge in [-0.2, -0.15) is 0 Å². The molecule has 2 N–H and O–H groups in total. The van der Waals surface area contributed by atoms with Gasteiger partial charge >= 0.3 is 0 Å². The van der Waals surface area contributed by atoms with Crippen LogP contribution in [0.15, 0.2) is 41.3 Å². The van der Waals surface area contributed by atoms with Crippen molar-refractivity contribution in [3.05, 3.63) is 52.5 Å². The van der Waals surface area contributed by atoms with E-state index in [0.29, 0.717) is 5.69 Å². The molecular weight excluding hydrogens is 388 g/mol. The first kappa shape index (κ1) is 21.2. The molecule has 146 valence electrons. The Morgan fingerprint density at radius 3 is 2.37 bits per heavy atom. The summed E-state index contributed by atoms with van der Waals surface area (Å²) in [7, 11) is -3.78. The molecule has 0 saturated heterocycles. The van der Waals surface area contributed by atoms with Crippen molar-refractivity contribution in [2.24, 2.45) is 0 Å². The lowest BCUT2D eigenvalue weighted by atomic mass is 10.1. The number of para-hydroxylation sites is 1. The third-order valence-electron chi connectivity index (χ3n) is 3.80. The van der Waals surface area contributed by atoms with E-state index in [0.717, 1.165) is 16.9 Å². The van der Waals surface area contributed by atoms with Gasteiger partial charge in [-0.05, 0) is 50.1 Å². The summed E-state index contributed by atoms with van der Waals surface area (Å²) < 4.78 is 33.5. The zero-order chi connectivity index (χ0) is 20.2. The van der Waals surface area contributed by atoms with Gasteiger partial charge in [0.2, 0.25) is 15.9 Å². The number of rotatable bonds is 7. The van der Waals surface area contributed by atoms with Crippen molar-refractivity contribution in [1.82, 2.24) is 4.72 Å². The number of aryl methyl sites for hydroxylation is 2. The minimum absolute atomic E-state index is 0.0144. The average Bonchev–Trinajstić information content (AvgIpc) is 2.55. The van der Waals surface area contributed by atoms with Crippen LogP contribution in [0.4, 0.5) is 5.69 Å². The molecule has 0 aromatic heterocycles. The molecule has 2 rings (SSSR count). The number of halogens is 1. The molecule has 1 unspecified atom stereocenters. The highest BCUT2D eigenvalue weighted by atomic mass is 35.5. The molecule has 2 aromatic rings. The van der Waals surface area contributed by atoms with Crippen LogP contribution in [0.1, 0.15) is 25.0 Å². The molecule has 8 heteroatoms. The van der Waals surface area contributed by atoms with Gasteiger partial charge in [-0.15, -0.1) is 0 Å². The van der Waals surface area contributed by atoms with E-state index < -0.39 is 16.1 Å². The molecule has 2 aromatic carbocycles. The lowest BCUT2D eigenvalue weighted by Crippen LogP contribution is -2.36. The highest BCUT2D eigenvalue weighted by molar-refractivity contribution is 7.89. The first-order chi connectivity index (χ1) is 12.6. The monoisotopic (exact) mass is 410 g/mol. The second-order valence-electron chi connectivity index (χ2n) is 6.38. The summed E-state index contributed by atoms with van der Waals surface area (Å²) in [6.07, 6.45) is 0. The molecule has 0 saturated carbocycles. The van der Waals surface area contributed by atoms with Crippen LogP contribution in [-0.2, 0) is 14.8 Å². The number of benzene rings is 2. The van der Waals surface area contributed by atoms with Crippen molar-refractivity contribution in [2.45, 2.75) is 38.6 Å². The summed E-state index contributed by atoms with van der Waals surface area (Å²) in [6, 6.07) is 9.51. The molecule has 6 nitrogen and oxygen atoms in total. The summed E-state index contributed by atoms with van der Waals surface area (Å²) in [4.78, 5) is 11.1. The number of nitrogens with one attached hydrogen (secondary N) is 2. The standard InChI is InChI=1S/C19H23ClN2O4S/c1-12-6-5-7-13(2)19(12)26-11-14(3)22-27(24,25)16-8-9-18(17(20)10-16)21-15(4)23/h5-10,14,22H,11H2,1-4H3,(H,21,23). The summed E-state index contributed by atoms with van der Waals surface area (Å²) >= 11 is 6.06. The molecule has 1 atom stereocenters. The highest BCUT2D eigenvalue weighted by Crippen LogP contribution is 2.26. The first-order valence-corrected chi connectivity index (χ1v) is 10.2. The van der Waals surface area contributed by atoms with Crippen LogP contribution >= 0.6 is 11.6 Å². The van der Waals surface area contributed by atoms with Gasteiger partial charge in [0, 0.05) is 6.92 Å². The van der Waals surface area contributed by atoms with E-state index in [1.165, 1.54) is 25.1 Å². The maximum atomic E-state index is 12.6. The van der Waals surface area contributed by atoms with Crippen LogP contribution in [0, 0.1) is 13.8 Å². The topological polar surface area (TPSA) is 84.5 Å². The molecular formula is C19H23ClN2O4S. The fourth-order valence-corrected chi connectivity index (χ4v) is 4.10. The minimum Gasteiger partial charge on any atom is -0.491 e. The molecule has 0 fully saturated rings. The molecule has 0 heterocycles. The number of amides is 1. The highest BCUT2D eigenvalue weighted by Gasteiger charge is 2.19. The predicted molar refractivity (Wildman–Crippen MR) is 107 cm³/mol. The van der Waals surface area contributed by atoms with E-state index in [2.05, 4.69) is 10.0 Å². The summed E-state index contributed by atoms with van der Waals surface area (Å²) in [5.41, 5.74) is 2.34. The number of anilines is 1. The van der Waals surface area contributed by atoms with Crippen molar-refractivity contribution < 1.29 is 17.9 Å². The number of ether oxygens (including phenoxy) is 1. The number of hydrogen-bond acceptors (Lipinski definition) is 4. The van der Waals surface area contributed by atoms with E-state index in [4.69, 9.17) is 16.3 Å². The quantitative estimate of drug-likeness (QED) is 0.729. The van der Waals surface area contributed by atoms with E-state index in [1.807, 2.05) is 32.0 Å². The van der Waals surface area contributed by atoms with Crippen LogP contribution < -0.4 is 14.8 Å². The molecule has 0 aliphatic heterocycles. The Bertz CT molecular complexity index is 924. The maximum absolute atomic E-state index is 12.6. The van der Waals surface area contributed by atoms with Crippen molar-refractivity contribution in [1.29, 1.82) is 0 Å². The Hall–Kier alpha value is -2.09. The molecule has 0 aliphatic carbocycles. The van der Waals surface area contributed by atoms with Gasteiger partial charge in [-0.25, -0.2) is 13.1 Å². The van der Waals surface area contributed by atoms with Gasteiger partial charge in [0.25, 0.3) is 0 Å². The lowest BCUT2D eigenvalue weighted by molar-refractivity contribution is -0.114. The van der Waals surface area contributed by atoms with Crippen molar-refractivity contribution in [3.63, 3.8) is 0 Å². The Morgan fingerprint density at radius 2 is 1.81 bits per heavy atom. The smallest absolute Gasteiger partial charge is 0.240 e. The van der Waals surface area contributed by atoms with Crippen molar-refractivity contribution >= 4 is 33.2 Å². The molecule has 1 amide bonds. The Balaban J connectivity index is 2.07. The zero-order valence-corrected chi connectivity index (χ0v) is 17.2. The molecule has 27 heavy (non-hydrogen) atoms. The van der Waals surface area contributed by atoms with Gasteiger partial charge in [0.05, 0.1) is 21.6 Å². The van der Waals surface area contributed by atoms with E-state index in [1.54, 1.807) is 6.92 Å². The third-order valence-corrected chi connectivity index (χ3v) is 5.70. The fourth-order valence-electron chi connectivity index (χ4n) is 2.56. The third kappa shape index (κ3) is 5.69. The Labute approximate surface area is 164 Å². The van der Waals surface area contributed by atoms with Crippen LogP contribution in [0.3, 0.4) is 0 Å². The summed E-state index contributed by atoms with van der Waals surface area (Å²) in [5.74, 6) is 0.467. The average molecular weight is 411 g/mol. The predicted octanol–water partition coefficient (Wildman–Crippen LogP) is 3.66. The van der Waals surface area contributed by atoms with E-state index in [9.17, 15) is 13.2 Å². The maximum Gasteiger partial charge on any atom is 0.240 e. The van der Waals surface area contributed by atoms with Gasteiger partial charge < -0.3 is 10.1 Å². The van der Waals surface area contributed by atoms with Crippen LogP contribution in [-0.4, -0.2) is 27.0 Å². The second kappa shape index (κ2) is 8.73. The second-order valence-corrected chi connectivity index (χ2v) is 8.50. The van der Waals surface area contributed by atoms with Crippen LogP contribution in [0.2, 0.25) is 5.02 Å². The fraction of sp³-hybridized carbons (Fsp3) is 0.316. The number of carbonyl (C=O) groups excluding carboxylic acids is 1. The minimum atomic E-state index is -3.78. The lowest BCUT2D eigenvalue weighted by Gasteiger charge is -2.18. The van der Waals surface area contributed by atoms with Gasteiger partial charge in [0.1, 0.15) is 12.4 Å². The number of hydrogen-bond donors (Lipinski definition) is 2. The normalized spacial score (nSPS) is 12.5. The number of carbonyl (C=O) groups is 1. The van der Waals surface area contributed by atoms with Crippen LogP contribution in [0.5, 0.6) is 5.75 Å². The number of sulfonamides is 1. The molecule has 0 aliphatic rings.